The highest BCUT2D eigenvalue weighted by Crippen LogP contribution is 2.53. The van der Waals surface area contributed by atoms with Crippen molar-refractivity contribution < 1.29 is 19.2 Å². The van der Waals surface area contributed by atoms with E-state index in [2.05, 4.69) is 91.8 Å². The molecule has 4 amide bonds. The minimum atomic E-state index is -0.646. The molecule has 0 fully saturated rings. The van der Waals surface area contributed by atoms with Crippen LogP contribution in [0.1, 0.15) is 180 Å². The quantitative estimate of drug-likeness (QED) is 0.0455. The Balaban J connectivity index is 1.06. The van der Waals surface area contributed by atoms with Crippen molar-refractivity contribution in [3.8, 4) is 45.2 Å². The Hall–Kier alpha value is -7.36. The van der Waals surface area contributed by atoms with E-state index in [0.29, 0.717) is 89.0 Å². The third-order valence-electron chi connectivity index (χ3n) is 18.9. The van der Waals surface area contributed by atoms with Gasteiger partial charge in [-0.05, 0) is 97.9 Å². The van der Waals surface area contributed by atoms with E-state index in [1.165, 1.54) is 22.7 Å². The standard InChI is InChI=1S/C72H80N10O4S5/c1-9-17-21-43(13-5)39-79-65(55-31-27-51(87-55)47(35-73)36-74)59-61(71(79)85)67(81(69(59)83)41-45(15-7)23-19-11-3)57-33-29-53(89-57)49-25-26-50(64-63(49)77-91-78-64)54-30-34-58(90-54)68-62-60(70(84)82(68)42-46(16-8)24-20-12-4)66(56-32-28-52(88-56)48(37-75)38-76)80(72(62)86)40-44(14-6)22-18-10-2/h25-34,43-46,67-68H,9-24,39-42H2,1-8H3/b65-55-,66-56+. The smallest absolute Gasteiger partial charge is 0.257 e. The number of fused-ring (bicyclic) bond motifs is 1. The molecule has 0 spiro atoms. The number of hydrogen-bond acceptors (Lipinski definition) is 15. The van der Waals surface area contributed by atoms with E-state index in [4.69, 9.17) is 8.75 Å². The molecular weight excluding hydrogens is 1230 g/mol. The van der Waals surface area contributed by atoms with Gasteiger partial charge in [-0.2, -0.15) is 29.8 Å². The molecule has 6 aromatic rings. The predicted molar refractivity (Wildman–Crippen MR) is 367 cm³/mol. The first kappa shape index (κ1) is 66.6. The summed E-state index contributed by atoms with van der Waals surface area (Å²) in [5, 5.41) is 39.5. The molecule has 472 valence electrons. The number of unbranched alkanes of at least 4 members (excludes halogenated alkanes) is 4. The van der Waals surface area contributed by atoms with E-state index < -0.39 is 12.1 Å². The zero-order valence-electron chi connectivity index (χ0n) is 53.5. The summed E-state index contributed by atoms with van der Waals surface area (Å²) in [5.74, 6) is 0.117. The van der Waals surface area contributed by atoms with Gasteiger partial charge in [-0.1, -0.05) is 145 Å². The summed E-state index contributed by atoms with van der Waals surface area (Å²) < 4.78 is 12.3. The molecular formula is C72H80N10O4S5. The van der Waals surface area contributed by atoms with Crippen LogP contribution >= 0.6 is 57.1 Å². The van der Waals surface area contributed by atoms with Gasteiger partial charge in [-0.25, -0.2) is 0 Å². The molecule has 0 radical (unpaired) electrons. The van der Waals surface area contributed by atoms with Crippen LogP contribution in [0.2, 0.25) is 0 Å². The zero-order valence-corrected chi connectivity index (χ0v) is 57.6. The molecule has 0 saturated carbocycles. The second kappa shape index (κ2) is 29.9. The molecule has 5 aromatic heterocycles. The van der Waals surface area contributed by atoms with E-state index in [1.807, 2.05) is 56.0 Å². The number of nitrogens with zero attached hydrogens (tertiary/aromatic N) is 10. The summed E-state index contributed by atoms with van der Waals surface area (Å²) in [6.07, 6.45) is 15.5. The third-order valence-corrected chi connectivity index (χ3v) is 24.0. The van der Waals surface area contributed by atoms with Crippen LogP contribution in [0.4, 0.5) is 0 Å². The zero-order chi connectivity index (χ0) is 64.6. The van der Waals surface area contributed by atoms with Crippen LogP contribution in [-0.4, -0.2) is 78.2 Å². The molecule has 0 N–H and O–H groups in total. The van der Waals surface area contributed by atoms with Crippen LogP contribution in [0.15, 0.2) is 83.0 Å². The van der Waals surface area contributed by atoms with E-state index in [1.54, 1.807) is 34.8 Å². The number of carbonyl (C=O) groups is 4. The Kier molecular flexibility index (Phi) is 21.9. The van der Waals surface area contributed by atoms with Crippen LogP contribution in [0.5, 0.6) is 0 Å². The van der Waals surface area contributed by atoms with Gasteiger partial charge in [0.1, 0.15) is 46.5 Å². The van der Waals surface area contributed by atoms with Crippen molar-refractivity contribution in [2.24, 2.45) is 23.7 Å². The van der Waals surface area contributed by atoms with Gasteiger partial charge in [0, 0.05) is 56.8 Å². The molecule has 0 saturated heterocycles. The van der Waals surface area contributed by atoms with Crippen LogP contribution in [-0.2, 0) is 19.2 Å². The molecule has 6 unspecified atom stereocenters. The van der Waals surface area contributed by atoms with Crippen molar-refractivity contribution in [2.45, 2.75) is 170 Å². The maximum absolute atomic E-state index is 15.5. The van der Waals surface area contributed by atoms with E-state index in [9.17, 15) is 21.0 Å². The minimum absolute atomic E-state index is 0.0118. The highest BCUT2D eigenvalue weighted by atomic mass is 32.1. The summed E-state index contributed by atoms with van der Waals surface area (Å²) in [6, 6.07) is 26.4. The second-order valence-electron chi connectivity index (χ2n) is 24.5. The van der Waals surface area contributed by atoms with Gasteiger partial charge >= 0.3 is 0 Å². The average Bonchev–Trinajstić information content (AvgIpc) is 1.57. The Labute approximate surface area is 555 Å². The van der Waals surface area contributed by atoms with Gasteiger partial charge in [-0.3, -0.25) is 19.2 Å². The van der Waals surface area contributed by atoms with Crippen molar-refractivity contribution in [3.05, 3.63) is 111 Å². The van der Waals surface area contributed by atoms with Crippen LogP contribution in [0.25, 0.3) is 54.5 Å². The fraction of sp³-hybridized carbons (Fsp3) is 0.472. The van der Waals surface area contributed by atoms with Gasteiger partial charge in [0.15, 0.2) is 0 Å². The Bertz CT molecular complexity index is 3980. The lowest BCUT2D eigenvalue weighted by Crippen LogP contribution is -2.41. The number of aromatic nitrogens is 2. The number of amides is 4. The van der Waals surface area contributed by atoms with Gasteiger partial charge in [0.25, 0.3) is 23.6 Å². The molecule has 19 heteroatoms. The monoisotopic (exact) mass is 1310 g/mol. The van der Waals surface area contributed by atoms with Crippen molar-refractivity contribution >= 4 is 114 Å². The molecule has 0 bridgehead atoms. The van der Waals surface area contributed by atoms with Gasteiger partial charge in [0.05, 0.1) is 75.6 Å². The summed E-state index contributed by atoms with van der Waals surface area (Å²) >= 11 is 6.80. The summed E-state index contributed by atoms with van der Waals surface area (Å²) in [7, 11) is 0. The fourth-order valence-corrected chi connectivity index (χ4v) is 18.5. The van der Waals surface area contributed by atoms with E-state index in [-0.39, 0.29) is 58.4 Å². The summed E-state index contributed by atoms with van der Waals surface area (Å²) in [4.78, 5) is 73.2. The summed E-state index contributed by atoms with van der Waals surface area (Å²) in [5.41, 5.74) is 6.08. The molecule has 4 aliphatic rings. The lowest BCUT2D eigenvalue weighted by Gasteiger charge is -2.33. The van der Waals surface area contributed by atoms with Crippen LogP contribution < -0.4 is 18.1 Å². The van der Waals surface area contributed by atoms with Crippen molar-refractivity contribution in [2.75, 3.05) is 26.2 Å². The topological polar surface area (TPSA) is 202 Å². The number of rotatable bonds is 28. The minimum Gasteiger partial charge on any atom is -0.326 e. The van der Waals surface area contributed by atoms with Crippen molar-refractivity contribution in [3.63, 3.8) is 0 Å². The number of carbonyl (C=O) groups excluding carboxylic acids is 4. The Morgan fingerprint density at radius 2 is 0.802 bits per heavy atom. The maximum atomic E-state index is 15.5. The number of nitriles is 4. The van der Waals surface area contributed by atoms with Crippen LogP contribution in [0.3, 0.4) is 0 Å². The van der Waals surface area contributed by atoms with Gasteiger partial charge in [-0.15, -0.1) is 45.3 Å². The second-order valence-corrected chi connectivity index (χ2v) is 29.5. The van der Waals surface area contributed by atoms with Crippen molar-refractivity contribution in [1.29, 1.82) is 21.0 Å². The first-order valence-electron chi connectivity index (χ1n) is 32.8. The molecule has 91 heavy (non-hydrogen) atoms. The third kappa shape index (κ3) is 13.0. The first-order chi connectivity index (χ1) is 44.3. The highest BCUT2D eigenvalue weighted by Gasteiger charge is 2.54. The highest BCUT2D eigenvalue weighted by molar-refractivity contribution is 7.16. The SMILES string of the molecule is CCCCC(CC)CN1C(=O)C2=C(C(=O)N(CC(CC)CCCC)C2c2ccc(-c3ccc(-c4ccc(C5C6=C(C(=O)N5CC(CC)CCCC)/C(=c5/ccc(=C(C#N)C#N)s5)N(CC(CC)CCCC)C6=O)s4)c4nsnc34)s2)/C1=c1\ccc(=C(C#N)C#N)s1. The lowest BCUT2D eigenvalue weighted by molar-refractivity contribution is -0.130. The first-order valence-corrected chi connectivity index (χ1v) is 36.8. The number of hydrogen-bond donors (Lipinski definition) is 0. The molecule has 4 aliphatic heterocycles. The molecule has 10 rings (SSSR count). The Morgan fingerprint density at radius 3 is 1.13 bits per heavy atom. The molecule has 9 heterocycles. The van der Waals surface area contributed by atoms with Crippen LogP contribution in [0, 0.1) is 69.0 Å². The van der Waals surface area contributed by atoms with Gasteiger partial charge in [0.2, 0.25) is 0 Å². The molecule has 1 aromatic carbocycles. The molecule has 0 aliphatic carbocycles. The fourth-order valence-electron chi connectivity index (χ4n) is 13.6. The molecule has 6 atom stereocenters. The summed E-state index contributed by atoms with van der Waals surface area (Å²) in [6.45, 7) is 19.2. The largest absolute Gasteiger partial charge is 0.326 e. The lowest BCUT2D eigenvalue weighted by atomic mass is 9.97. The van der Waals surface area contributed by atoms with E-state index >= 15 is 19.2 Å². The molecule has 14 nitrogen and oxygen atoms in total. The number of benzene rings is 1. The maximum Gasteiger partial charge on any atom is 0.257 e. The number of thiophene rings is 4. The normalized spacial score (nSPS) is 18.9. The Morgan fingerprint density at radius 1 is 0.451 bits per heavy atom. The van der Waals surface area contributed by atoms with Crippen molar-refractivity contribution in [1.82, 2.24) is 28.3 Å². The average molecular weight is 1310 g/mol. The predicted octanol–water partition coefficient (Wildman–Crippen LogP) is 14.2. The van der Waals surface area contributed by atoms with Gasteiger partial charge < -0.3 is 19.6 Å². The van der Waals surface area contributed by atoms with E-state index in [0.717, 1.165) is 145 Å².